The number of nitrogens with zero attached hydrogens (tertiary/aromatic N) is 2. The lowest BCUT2D eigenvalue weighted by Gasteiger charge is -2.41. The van der Waals surface area contributed by atoms with Gasteiger partial charge in [-0.2, -0.15) is 0 Å². The van der Waals surface area contributed by atoms with Gasteiger partial charge in [0, 0.05) is 37.8 Å². The predicted molar refractivity (Wildman–Crippen MR) is 148 cm³/mol. The van der Waals surface area contributed by atoms with Gasteiger partial charge in [0.15, 0.2) is 0 Å². The largest absolute Gasteiger partial charge is 0.374 e. The molecule has 1 unspecified atom stereocenters. The molecule has 198 valence electrons. The molecular weight excluding hydrogens is 484 g/mol. The zero-order chi connectivity index (χ0) is 25.7. The van der Waals surface area contributed by atoms with Crippen LogP contribution in [0.3, 0.4) is 0 Å². The number of amides is 2. The van der Waals surface area contributed by atoms with Crippen molar-refractivity contribution in [2.24, 2.45) is 5.92 Å². The van der Waals surface area contributed by atoms with Crippen molar-refractivity contribution >= 4 is 29.4 Å². The lowest BCUT2D eigenvalue weighted by atomic mass is 9.74. The summed E-state index contributed by atoms with van der Waals surface area (Å²) in [6.07, 6.45) is 5.79. The van der Waals surface area contributed by atoms with Gasteiger partial charge in [-0.1, -0.05) is 60.5 Å². The zero-order valence-electron chi connectivity index (χ0n) is 21.7. The highest BCUT2D eigenvalue weighted by molar-refractivity contribution is 8.00. The number of hydrogen-bond acceptors (Lipinski definition) is 6. The average Bonchev–Trinajstić information content (AvgIpc) is 3.26. The number of carbonyl (C=O) groups is 2. The van der Waals surface area contributed by atoms with Crippen molar-refractivity contribution in [3.8, 4) is 0 Å². The zero-order valence-corrected chi connectivity index (χ0v) is 22.5. The van der Waals surface area contributed by atoms with E-state index in [2.05, 4.69) is 45.5 Å². The molecular formula is C29H38N4O3S. The summed E-state index contributed by atoms with van der Waals surface area (Å²) in [5.74, 6) is -0.189. The average molecular weight is 523 g/mol. The molecule has 2 fully saturated rings. The van der Waals surface area contributed by atoms with Gasteiger partial charge in [-0.25, -0.2) is 0 Å². The van der Waals surface area contributed by atoms with Crippen molar-refractivity contribution < 1.29 is 14.3 Å². The van der Waals surface area contributed by atoms with Crippen LogP contribution in [-0.4, -0.2) is 68.3 Å². The third-order valence-corrected chi connectivity index (χ3v) is 8.89. The normalized spacial score (nSPS) is 21.5. The molecule has 2 atom stereocenters. The molecule has 2 saturated heterocycles. The number of carbonyl (C=O) groups excluding carboxylic acids is 2. The van der Waals surface area contributed by atoms with Crippen molar-refractivity contribution in [3.05, 3.63) is 65.7 Å². The highest BCUT2D eigenvalue weighted by atomic mass is 32.2. The van der Waals surface area contributed by atoms with E-state index in [1.165, 1.54) is 11.3 Å². The maximum Gasteiger partial charge on any atom is 0.247 e. The van der Waals surface area contributed by atoms with E-state index >= 15 is 0 Å². The van der Waals surface area contributed by atoms with Crippen LogP contribution in [0.1, 0.15) is 36.8 Å². The number of rotatable bonds is 8. The molecule has 2 amide bonds. The Labute approximate surface area is 224 Å². The Balaban J connectivity index is 1.24. The van der Waals surface area contributed by atoms with Crippen LogP contribution in [0.25, 0.3) is 0 Å². The Morgan fingerprint density at radius 3 is 2.62 bits per heavy atom. The van der Waals surface area contributed by atoms with Crippen LogP contribution in [0.2, 0.25) is 0 Å². The molecule has 0 bridgehead atoms. The van der Waals surface area contributed by atoms with E-state index in [0.29, 0.717) is 26.2 Å². The lowest BCUT2D eigenvalue weighted by molar-refractivity contribution is -0.140. The molecule has 2 aromatic carbocycles. The molecule has 0 radical (unpaired) electrons. The number of ether oxygens (including phenoxy) is 1. The molecule has 2 N–H and O–H groups in total. The maximum atomic E-state index is 13.7. The van der Waals surface area contributed by atoms with Crippen molar-refractivity contribution in [2.45, 2.75) is 43.7 Å². The number of likely N-dealkylation sites (tertiary alicyclic amines) is 1. The second-order valence-electron chi connectivity index (χ2n) is 10.4. The van der Waals surface area contributed by atoms with Crippen LogP contribution in [0, 0.1) is 5.92 Å². The third-order valence-electron chi connectivity index (χ3n) is 8.12. The van der Waals surface area contributed by atoms with E-state index in [1.54, 1.807) is 11.9 Å². The number of nitrogens with one attached hydrogen (secondary N) is 2. The minimum atomic E-state index is -0.675. The van der Waals surface area contributed by atoms with Crippen molar-refractivity contribution in [2.75, 3.05) is 49.9 Å². The van der Waals surface area contributed by atoms with Crippen LogP contribution in [-0.2, 0) is 26.3 Å². The van der Waals surface area contributed by atoms with Crippen molar-refractivity contribution in [1.29, 1.82) is 0 Å². The Morgan fingerprint density at radius 2 is 1.89 bits per heavy atom. The fraction of sp³-hybridized carbons (Fsp3) is 0.517. The summed E-state index contributed by atoms with van der Waals surface area (Å²) in [5.41, 5.74) is 3.83. The first-order valence-corrected chi connectivity index (χ1v) is 14.6. The minimum absolute atomic E-state index is 0.0342. The molecule has 3 aliphatic rings. The predicted octanol–water partition coefficient (Wildman–Crippen LogP) is 3.35. The minimum Gasteiger partial charge on any atom is -0.374 e. The van der Waals surface area contributed by atoms with E-state index < -0.39 is 6.04 Å². The first-order valence-electron chi connectivity index (χ1n) is 13.4. The quantitative estimate of drug-likeness (QED) is 0.518. The van der Waals surface area contributed by atoms with Gasteiger partial charge < -0.3 is 24.6 Å². The molecule has 8 heteroatoms. The first-order chi connectivity index (χ1) is 18.1. The highest BCUT2D eigenvalue weighted by Crippen LogP contribution is 2.48. The molecule has 3 aliphatic heterocycles. The van der Waals surface area contributed by atoms with E-state index in [-0.39, 0.29) is 29.8 Å². The SMILES string of the molecule is CSN1CC2(CCN(C(=O)[C@@H](COCc3ccccc3)NC(=O)C3CCCNC3)CC2)c2ccccc21. The maximum absolute atomic E-state index is 13.7. The van der Waals surface area contributed by atoms with E-state index in [0.717, 1.165) is 44.3 Å². The van der Waals surface area contributed by atoms with E-state index in [4.69, 9.17) is 4.74 Å². The molecule has 5 rings (SSSR count). The third kappa shape index (κ3) is 5.81. The molecule has 0 aliphatic carbocycles. The number of anilines is 1. The number of benzene rings is 2. The Bertz CT molecular complexity index is 1070. The molecule has 3 heterocycles. The Hall–Kier alpha value is -2.55. The fourth-order valence-corrected chi connectivity index (χ4v) is 6.69. The van der Waals surface area contributed by atoms with E-state index in [9.17, 15) is 9.59 Å². The monoisotopic (exact) mass is 522 g/mol. The molecule has 0 saturated carbocycles. The van der Waals surface area contributed by atoms with E-state index in [1.807, 2.05) is 35.2 Å². The fourth-order valence-electron chi connectivity index (χ4n) is 5.96. The highest BCUT2D eigenvalue weighted by Gasteiger charge is 2.45. The van der Waals surface area contributed by atoms with Gasteiger partial charge in [0.1, 0.15) is 6.04 Å². The van der Waals surface area contributed by atoms with Crippen molar-refractivity contribution in [3.63, 3.8) is 0 Å². The van der Waals surface area contributed by atoms with Gasteiger partial charge in [-0.05, 0) is 49.4 Å². The molecule has 0 aromatic heterocycles. The number of fused-ring (bicyclic) bond motifs is 2. The summed E-state index contributed by atoms with van der Waals surface area (Å²) < 4.78 is 8.34. The van der Waals surface area contributed by atoms with Gasteiger partial charge in [0.2, 0.25) is 11.8 Å². The Kier molecular flexibility index (Phi) is 8.37. The van der Waals surface area contributed by atoms with Crippen LogP contribution in [0.15, 0.2) is 54.6 Å². The number of hydrogen-bond donors (Lipinski definition) is 2. The second kappa shape index (κ2) is 11.9. The van der Waals surface area contributed by atoms with Crippen LogP contribution in [0.4, 0.5) is 5.69 Å². The summed E-state index contributed by atoms with van der Waals surface area (Å²) in [4.78, 5) is 28.7. The molecule has 37 heavy (non-hydrogen) atoms. The van der Waals surface area contributed by atoms with Crippen LogP contribution >= 0.6 is 11.9 Å². The summed E-state index contributed by atoms with van der Waals surface area (Å²) in [6.45, 7) is 4.54. The molecule has 7 nitrogen and oxygen atoms in total. The smallest absolute Gasteiger partial charge is 0.247 e. The first kappa shape index (κ1) is 26.1. The van der Waals surface area contributed by atoms with Crippen LogP contribution in [0.5, 0.6) is 0 Å². The molecule has 1 spiro atoms. The van der Waals surface area contributed by atoms with Gasteiger partial charge in [0.25, 0.3) is 0 Å². The van der Waals surface area contributed by atoms with Gasteiger partial charge in [-0.15, -0.1) is 0 Å². The summed E-state index contributed by atoms with van der Waals surface area (Å²) in [5, 5.41) is 6.35. The van der Waals surface area contributed by atoms with Crippen molar-refractivity contribution in [1.82, 2.24) is 15.5 Å². The summed E-state index contributed by atoms with van der Waals surface area (Å²) >= 11 is 1.77. The van der Waals surface area contributed by atoms with Gasteiger partial charge >= 0.3 is 0 Å². The standard InChI is InChI=1S/C29H38N4O3S/c1-37-33-21-29(24-11-5-6-12-26(24)33)13-16-32(17-14-29)28(35)25(20-36-19-22-8-3-2-4-9-22)31-27(34)23-10-7-15-30-18-23/h2-6,8-9,11-12,23,25,30H,7,10,13-21H2,1H3,(H,31,34)/t23?,25-/m1/s1. The second-order valence-corrected chi connectivity index (χ2v) is 11.3. The Morgan fingerprint density at radius 1 is 1.14 bits per heavy atom. The molecule has 2 aromatic rings. The number of para-hydroxylation sites is 1. The van der Waals surface area contributed by atoms with Crippen LogP contribution < -0.4 is 14.9 Å². The summed E-state index contributed by atoms with van der Waals surface area (Å²) in [7, 11) is 0. The topological polar surface area (TPSA) is 73.9 Å². The number of piperidine rings is 2. The van der Waals surface area contributed by atoms with Gasteiger partial charge in [-0.3, -0.25) is 9.59 Å². The van der Waals surface area contributed by atoms with Gasteiger partial charge in [0.05, 0.1) is 24.8 Å². The lowest BCUT2D eigenvalue weighted by Crippen LogP contribution is -2.56. The summed E-state index contributed by atoms with van der Waals surface area (Å²) in [6, 6.07) is 17.9.